The van der Waals surface area contributed by atoms with E-state index in [0.717, 1.165) is 27.6 Å². The summed E-state index contributed by atoms with van der Waals surface area (Å²) in [6, 6.07) is 20.5. The molecule has 0 aliphatic rings. The Bertz CT molecular complexity index is 1320. The molecule has 0 saturated heterocycles. The lowest BCUT2D eigenvalue weighted by Crippen LogP contribution is -2.18. The van der Waals surface area contributed by atoms with Crippen LogP contribution in [0.15, 0.2) is 79.0 Å². The number of H-pyrrole nitrogens is 1. The summed E-state index contributed by atoms with van der Waals surface area (Å²) in [6.07, 6.45) is 5.09. The number of carbonyl (C=O) groups is 1. The highest BCUT2D eigenvalue weighted by molar-refractivity contribution is 5.97. The molecule has 3 aromatic carbocycles. The van der Waals surface area contributed by atoms with Crippen molar-refractivity contribution in [2.45, 2.75) is 0 Å². The molecule has 1 amide bonds. The number of aromatic amines is 1. The smallest absolute Gasteiger partial charge is 0.277 e. The predicted octanol–water partition coefficient (Wildman–Crippen LogP) is 5.51. The minimum atomic E-state index is -0.388. The lowest BCUT2D eigenvalue weighted by Gasteiger charge is -2.12. The molecule has 31 heavy (non-hydrogen) atoms. The van der Waals surface area contributed by atoms with Gasteiger partial charge in [-0.3, -0.25) is 14.9 Å². The monoisotopic (exact) mass is 411 g/mol. The number of hydrogen-bond donors (Lipinski definition) is 1. The van der Waals surface area contributed by atoms with Crippen molar-refractivity contribution in [2.24, 2.45) is 0 Å². The van der Waals surface area contributed by atoms with Crippen molar-refractivity contribution in [3.63, 3.8) is 0 Å². The van der Waals surface area contributed by atoms with Crippen molar-refractivity contribution in [3.05, 3.63) is 94.7 Å². The van der Waals surface area contributed by atoms with E-state index >= 15 is 0 Å². The number of carbonyl (C=O) groups excluding carboxylic acids is 1. The summed E-state index contributed by atoms with van der Waals surface area (Å²) in [7, 11) is 3.36. The van der Waals surface area contributed by atoms with Crippen molar-refractivity contribution in [1.29, 1.82) is 0 Å². The first-order valence-corrected chi connectivity index (χ1v) is 9.79. The average molecular weight is 411 g/mol. The normalized spacial score (nSPS) is 11.2. The first-order chi connectivity index (χ1) is 15.0. The Kier molecular flexibility index (Phi) is 5.37. The van der Waals surface area contributed by atoms with Gasteiger partial charge in [-0.1, -0.05) is 42.5 Å². The van der Waals surface area contributed by atoms with E-state index in [0.29, 0.717) is 11.1 Å². The van der Waals surface area contributed by atoms with Gasteiger partial charge in [-0.05, 0) is 46.4 Å². The molecule has 4 aromatic rings. The van der Waals surface area contributed by atoms with Gasteiger partial charge in [-0.15, -0.1) is 0 Å². The number of benzene rings is 3. The van der Waals surface area contributed by atoms with Crippen molar-refractivity contribution < 1.29 is 9.72 Å². The SMILES string of the molecule is CN(C)C(=O)/C=C/c1cc(-c2cccc3cc[nH]c23)ccc1-c1ccccc1[N+](=O)[O-]. The number of nitro benzene ring substituents is 1. The summed E-state index contributed by atoms with van der Waals surface area (Å²) < 4.78 is 0. The summed E-state index contributed by atoms with van der Waals surface area (Å²) in [5.74, 6) is -0.162. The molecule has 0 radical (unpaired) electrons. The molecule has 0 unspecified atom stereocenters. The van der Waals surface area contributed by atoms with Crippen LogP contribution in [-0.2, 0) is 4.79 Å². The van der Waals surface area contributed by atoms with E-state index in [-0.39, 0.29) is 16.5 Å². The van der Waals surface area contributed by atoms with Gasteiger partial charge in [-0.25, -0.2) is 0 Å². The first-order valence-electron chi connectivity index (χ1n) is 9.79. The second-order valence-corrected chi connectivity index (χ2v) is 7.39. The van der Waals surface area contributed by atoms with E-state index in [1.165, 1.54) is 17.0 Å². The van der Waals surface area contributed by atoms with Crippen LogP contribution in [0.2, 0.25) is 0 Å². The number of fused-ring (bicyclic) bond motifs is 1. The van der Waals surface area contributed by atoms with Gasteiger partial charge in [-0.2, -0.15) is 0 Å². The van der Waals surface area contributed by atoms with Gasteiger partial charge in [0.1, 0.15) is 0 Å². The molecule has 0 saturated carbocycles. The standard InChI is InChI=1S/C25H21N3O3/c1-27(2)24(29)13-11-18-16-19(21-8-5-6-17-14-15-26-25(17)21)10-12-20(18)22-7-3-4-9-23(22)28(30)31/h3-16,26H,1-2H3/b13-11+. The minimum Gasteiger partial charge on any atom is -0.361 e. The third kappa shape index (κ3) is 3.96. The Morgan fingerprint density at radius 1 is 0.968 bits per heavy atom. The number of nitro groups is 1. The number of hydrogen-bond acceptors (Lipinski definition) is 3. The second-order valence-electron chi connectivity index (χ2n) is 7.39. The van der Waals surface area contributed by atoms with Gasteiger partial charge >= 0.3 is 0 Å². The molecule has 0 atom stereocenters. The zero-order valence-electron chi connectivity index (χ0n) is 17.2. The molecule has 1 N–H and O–H groups in total. The summed E-state index contributed by atoms with van der Waals surface area (Å²) >= 11 is 0. The van der Waals surface area contributed by atoms with Crippen molar-refractivity contribution in [1.82, 2.24) is 9.88 Å². The number of nitrogens with zero attached hydrogens (tertiary/aromatic N) is 2. The van der Waals surface area contributed by atoms with E-state index in [2.05, 4.69) is 4.98 Å². The van der Waals surface area contributed by atoms with Crippen LogP contribution in [0.1, 0.15) is 5.56 Å². The average Bonchev–Trinajstić information content (AvgIpc) is 3.26. The van der Waals surface area contributed by atoms with Gasteiger partial charge in [0.15, 0.2) is 0 Å². The highest BCUT2D eigenvalue weighted by Gasteiger charge is 2.17. The molecular weight excluding hydrogens is 390 g/mol. The highest BCUT2D eigenvalue weighted by atomic mass is 16.6. The van der Waals surface area contributed by atoms with Crippen LogP contribution in [0.3, 0.4) is 0 Å². The van der Waals surface area contributed by atoms with Gasteiger partial charge in [0.05, 0.1) is 16.0 Å². The highest BCUT2D eigenvalue weighted by Crippen LogP contribution is 2.36. The molecule has 0 aliphatic heterocycles. The molecule has 1 heterocycles. The van der Waals surface area contributed by atoms with E-state index < -0.39 is 0 Å². The molecule has 4 rings (SSSR count). The van der Waals surface area contributed by atoms with E-state index in [9.17, 15) is 14.9 Å². The van der Waals surface area contributed by atoms with Crippen molar-refractivity contribution >= 4 is 28.6 Å². The minimum absolute atomic E-state index is 0.0234. The number of para-hydroxylation sites is 2. The molecule has 0 fully saturated rings. The summed E-state index contributed by atoms with van der Waals surface area (Å²) in [5, 5.41) is 12.7. The fraction of sp³-hybridized carbons (Fsp3) is 0.0800. The van der Waals surface area contributed by atoms with Crippen LogP contribution in [0.4, 0.5) is 5.69 Å². The maximum Gasteiger partial charge on any atom is 0.277 e. The molecular formula is C25H21N3O3. The molecule has 1 aromatic heterocycles. The Morgan fingerprint density at radius 2 is 1.74 bits per heavy atom. The van der Waals surface area contributed by atoms with Crippen LogP contribution in [0.25, 0.3) is 39.2 Å². The van der Waals surface area contributed by atoms with Gasteiger partial charge in [0, 0.05) is 38.0 Å². The third-order valence-corrected chi connectivity index (χ3v) is 5.19. The quantitative estimate of drug-likeness (QED) is 0.267. The summed E-state index contributed by atoms with van der Waals surface area (Å²) in [6.45, 7) is 0. The number of aromatic nitrogens is 1. The third-order valence-electron chi connectivity index (χ3n) is 5.19. The Labute approximate surface area is 179 Å². The predicted molar refractivity (Wildman–Crippen MR) is 124 cm³/mol. The Morgan fingerprint density at radius 3 is 2.52 bits per heavy atom. The topological polar surface area (TPSA) is 79.2 Å². The van der Waals surface area contributed by atoms with E-state index in [1.54, 1.807) is 38.4 Å². The fourth-order valence-electron chi connectivity index (χ4n) is 3.61. The molecule has 0 bridgehead atoms. The van der Waals surface area contributed by atoms with Gasteiger partial charge < -0.3 is 9.88 Å². The van der Waals surface area contributed by atoms with Crippen LogP contribution < -0.4 is 0 Å². The van der Waals surface area contributed by atoms with Crippen LogP contribution in [-0.4, -0.2) is 34.8 Å². The lowest BCUT2D eigenvalue weighted by molar-refractivity contribution is -0.384. The maximum absolute atomic E-state index is 12.2. The molecule has 154 valence electrons. The lowest BCUT2D eigenvalue weighted by atomic mass is 9.93. The first kappa shape index (κ1) is 20.1. The summed E-state index contributed by atoms with van der Waals surface area (Å²) in [5.41, 5.74) is 4.94. The van der Waals surface area contributed by atoms with E-state index in [1.807, 2.05) is 48.7 Å². The van der Waals surface area contributed by atoms with Crippen molar-refractivity contribution in [3.8, 4) is 22.3 Å². The van der Waals surface area contributed by atoms with Crippen molar-refractivity contribution in [2.75, 3.05) is 14.1 Å². The number of likely N-dealkylation sites (N-methyl/N-ethyl adjacent to an activating group) is 1. The number of nitrogens with one attached hydrogen (secondary N) is 1. The zero-order valence-corrected chi connectivity index (χ0v) is 17.2. The van der Waals surface area contributed by atoms with E-state index in [4.69, 9.17) is 0 Å². The maximum atomic E-state index is 12.2. The van der Waals surface area contributed by atoms with Crippen LogP contribution >= 0.6 is 0 Å². The molecule has 6 heteroatoms. The number of rotatable bonds is 5. The summed E-state index contributed by atoms with van der Waals surface area (Å²) in [4.78, 5) is 28.1. The van der Waals surface area contributed by atoms with Gasteiger partial charge in [0.25, 0.3) is 5.69 Å². The van der Waals surface area contributed by atoms with Crippen LogP contribution in [0.5, 0.6) is 0 Å². The second kappa shape index (κ2) is 8.28. The Hall–Kier alpha value is -4.19. The van der Waals surface area contributed by atoms with Gasteiger partial charge in [0.2, 0.25) is 5.91 Å². The molecule has 6 nitrogen and oxygen atoms in total. The molecule has 0 spiro atoms. The zero-order chi connectivity index (χ0) is 22.0. The number of amides is 1. The Balaban J connectivity index is 1.91. The van der Waals surface area contributed by atoms with Crippen LogP contribution in [0, 0.1) is 10.1 Å². The molecule has 0 aliphatic carbocycles. The largest absolute Gasteiger partial charge is 0.361 e. The fourth-order valence-corrected chi connectivity index (χ4v) is 3.61.